The van der Waals surface area contributed by atoms with Crippen LogP contribution < -0.4 is 5.32 Å². The van der Waals surface area contributed by atoms with Crippen LogP contribution in [-0.2, 0) is 0 Å². The predicted octanol–water partition coefficient (Wildman–Crippen LogP) is 4.89. The van der Waals surface area contributed by atoms with Crippen molar-refractivity contribution in [2.24, 2.45) is 0 Å². The van der Waals surface area contributed by atoms with Crippen LogP contribution >= 0.6 is 27.5 Å². The van der Waals surface area contributed by atoms with Crippen LogP contribution in [0.3, 0.4) is 0 Å². The van der Waals surface area contributed by atoms with Gasteiger partial charge in [0, 0.05) is 22.1 Å². The van der Waals surface area contributed by atoms with E-state index in [9.17, 15) is 0 Å². The summed E-state index contributed by atoms with van der Waals surface area (Å²) >= 11 is 9.64. The Morgan fingerprint density at radius 2 is 2.18 bits per heavy atom. The molecule has 0 fully saturated rings. The molecule has 0 aliphatic carbocycles. The molecule has 3 heteroatoms. The molecule has 0 amide bonds. The van der Waals surface area contributed by atoms with Crippen molar-refractivity contribution in [1.82, 2.24) is 5.32 Å². The fourth-order valence-corrected chi connectivity index (χ4v) is 2.01. The summed E-state index contributed by atoms with van der Waals surface area (Å²) in [7, 11) is 0. The first kappa shape index (κ1) is 14.7. The van der Waals surface area contributed by atoms with Crippen LogP contribution in [0.25, 0.3) is 6.08 Å². The van der Waals surface area contributed by atoms with Gasteiger partial charge in [0.15, 0.2) is 0 Å². The Kier molecular flexibility index (Phi) is 6.24. The van der Waals surface area contributed by atoms with E-state index in [0.717, 1.165) is 28.0 Å². The van der Waals surface area contributed by atoms with Gasteiger partial charge in [-0.1, -0.05) is 60.0 Å². The van der Waals surface area contributed by atoms with Crippen molar-refractivity contribution >= 4 is 33.6 Å². The lowest BCUT2D eigenvalue weighted by Gasteiger charge is -2.11. The first-order chi connectivity index (χ1) is 8.02. The van der Waals surface area contributed by atoms with Gasteiger partial charge in [0.2, 0.25) is 0 Å². The Morgan fingerprint density at radius 3 is 2.76 bits per heavy atom. The van der Waals surface area contributed by atoms with Gasteiger partial charge in [0.1, 0.15) is 0 Å². The normalized spacial score (nSPS) is 12.2. The summed E-state index contributed by atoms with van der Waals surface area (Å²) in [6, 6.07) is 6.42. The molecule has 0 unspecified atom stereocenters. The van der Waals surface area contributed by atoms with Crippen LogP contribution in [0.2, 0.25) is 5.02 Å². The highest BCUT2D eigenvalue weighted by Gasteiger charge is 2.01. The topological polar surface area (TPSA) is 12.0 Å². The zero-order valence-electron chi connectivity index (χ0n) is 10.6. The van der Waals surface area contributed by atoms with E-state index in [1.807, 2.05) is 18.2 Å². The van der Waals surface area contributed by atoms with Crippen LogP contribution in [-0.4, -0.2) is 12.6 Å². The molecule has 1 aromatic rings. The Balaban J connectivity index is 2.86. The molecule has 0 spiro atoms. The monoisotopic (exact) mass is 315 g/mol. The van der Waals surface area contributed by atoms with E-state index in [-0.39, 0.29) is 0 Å². The minimum atomic E-state index is 0.503. The van der Waals surface area contributed by atoms with E-state index < -0.39 is 0 Å². The molecule has 1 rings (SSSR count). The summed E-state index contributed by atoms with van der Waals surface area (Å²) < 4.78 is 1.06. The standard InChI is InChI=1S/C14H19BrClN/c1-4-11(9-17-10(2)3)7-12-8-13(15)5-6-14(12)16/h5-8,10,17H,4,9H2,1-3H3/b11-7-. The van der Waals surface area contributed by atoms with Crippen molar-refractivity contribution < 1.29 is 0 Å². The van der Waals surface area contributed by atoms with E-state index in [0.29, 0.717) is 6.04 Å². The number of benzene rings is 1. The molecule has 0 radical (unpaired) electrons. The van der Waals surface area contributed by atoms with E-state index in [1.54, 1.807) is 0 Å². The third-order valence-corrected chi connectivity index (χ3v) is 3.35. The predicted molar refractivity (Wildman–Crippen MR) is 80.6 cm³/mol. The maximum Gasteiger partial charge on any atom is 0.0479 e. The van der Waals surface area contributed by atoms with E-state index in [4.69, 9.17) is 11.6 Å². The highest BCUT2D eigenvalue weighted by Crippen LogP contribution is 2.23. The molecule has 94 valence electrons. The van der Waals surface area contributed by atoms with Crippen LogP contribution in [0.5, 0.6) is 0 Å². The number of hydrogen-bond donors (Lipinski definition) is 1. The van der Waals surface area contributed by atoms with Gasteiger partial charge >= 0.3 is 0 Å². The third-order valence-electron chi connectivity index (χ3n) is 2.51. The molecule has 0 aliphatic rings. The summed E-state index contributed by atoms with van der Waals surface area (Å²) in [6.07, 6.45) is 3.20. The lowest BCUT2D eigenvalue weighted by Crippen LogP contribution is -2.24. The van der Waals surface area contributed by atoms with Crippen molar-refractivity contribution in [1.29, 1.82) is 0 Å². The maximum absolute atomic E-state index is 6.17. The van der Waals surface area contributed by atoms with Crippen molar-refractivity contribution in [3.63, 3.8) is 0 Å². The van der Waals surface area contributed by atoms with E-state index >= 15 is 0 Å². The van der Waals surface area contributed by atoms with Crippen molar-refractivity contribution in [3.05, 3.63) is 38.8 Å². The quantitative estimate of drug-likeness (QED) is 0.815. The van der Waals surface area contributed by atoms with Gasteiger partial charge in [0.25, 0.3) is 0 Å². The lowest BCUT2D eigenvalue weighted by molar-refractivity contribution is 0.617. The minimum absolute atomic E-state index is 0.503. The average molecular weight is 317 g/mol. The molecule has 0 aromatic heterocycles. The summed E-state index contributed by atoms with van der Waals surface area (Å²) in [4.78, 5) is 0. The van der Waals surface area contributed by atoms with E-state index in [2.05, 4.69) is 48.1 Å². The largest absolute Gasteiger partial charge is 0.311 e. The van der Waals surface area contributed by atoms with Gasteiger partial charge in [-0.2, -0.15) is 0 Å². The summed E-state index contributed by atoms with van der Waals surface area (Å²) in [6.45, 7) is 7.38. The van der Waals surface area contributed by atoms with Crippen LogP contribution in [0.15, 0.2) is 28.2 Å². The molecule has 1 nitrogen and oxygen atoms in total. The first-order valence-corrected chi connectivity index (χ1v) is 7.08. The smallest absolute Gasteiger partial charge is 0.0479 e. The second kappa shape index (κ2) is 7.20. The lowest BCUT2D eigenvalue weighted by atomic mass is 10.1. The number of halogens is 2. The van der Waals surface area contributed by atoms with Gasteiger partial charge in [-0.15, -0.1) is 0 Å². The van der Waals surface area contributed by atoms with Crippen LogP contribution in [0.4, 0.5) is 0 Å². The first-order valence-electron chi connectivity index (χ1n) is 5.90. The summed E-state index contributed by atoms with van der Waals surface area (Å²) in [5.41, 5.74) is 2.43. The molecule has 1 N–H and O–H groups in total. The fraction of sp³-hybridized carbons (Fsp3) is 0.429. The van der Waals surface area contributed by atoms with Crippen molar-refractivity contribution in [3.8, 4) is 0 Å². The number of rotatable bonds is 5. The Labute approximate surface area is 117 Å². The second-order valence-electron chi connectivity index (χ2n) is 4.36. The molecular weight excluding hydrogens is 298 g/mol. The Bertz CT molecular complexity index is 399. The van der Waals surface area contributed by atoms with Gasteiger partial charge in [-0.05, 0) is 30.2 Å². The minimum Gasteiger partial charge on any atom is -0.311 e. The van der Waals surface area contributed by atoms with Gasteiger partial charge in [-0.3, -0.25) is 0 Å². The zero-order chi connectivity index (χ0) is 12.8. The van der Waals surface area contributed by atoms with Gasteiger partial charge in [0.05, 0.1) is 0 Å². The highest BCUT2D eigenvalue weighted by molar-refractivity contribution is 9.10. The van der Waals surface area contributed by atoms with E-state index in [1.165, 1.54) is 5.57 Å². The maximum atomic E-state index is 6.17. The molecule has 0 aliphatic heterocycles. The second-order valence-corrected chi connectivity index (χ2v) is 5.68. The number of hydrogen-bond acceptors (Lipinski definition) is 1. The SMILES string of the molecule is CC/C(=C/c1cc(Br)ccc1Cl)CNC(C)C. The van der Waals surface area contributed by atoms with Crippen molar-refractivity contribution in [2.45, 2.75) is 33.2 Å². The Hall–Kier alpha value is -0.310. The van der Waals surface area contributed by atoms with Crippen molar-refractivity contribution in [2.75, 3.05) is 6.54 Å². The fourth-order valence-electron chi connectivity index (χ4n) is 1.46. The molecule has 1 aromatic carbocycles. The molecule has 17 heavy (non-hydrogen) atoms. The molecule has 0 bridgehead atoms. The average Bonchev–Trinajstić information content (AvgIpc) is 2.28. The molecule has 0 saturated carbocycles. The van der Waals surface area contributed by atoms with Crippen LogP contribution in [0, 0.1) is 0 Å². The Morgan fingerprint density at radius 1 is 1.47 bits per heavy atom. The molecular formula is C14H19BrClN. The zero-order valence-corrected chi connectivity index (χ0v) is 12.9. The summed E-state index contributed by atoms with van der Waals surface area (Å²) in [5.74, 6) is 0. The molecule has 0 saturated heterocycles. The third kappa shape index (κ3) is 5.24. The molecule has 0 heterocycles. The van der Waals surface area contributed by atoms with Gasteiger partial charge < -0.3 is 5.32 Å². The summed E-state index contributed by atoms with van der Waals surface area (Å²) in [5, 5.41) is 4.22. The molecule has 0 atom stereocenters. The highest BCUT2D eigenvalue weighted by atomic mass is 79.9. The van der Waals surface area contributed by atoms with Crippen LogP contribution in [0.1, 0.15) is 32.8 Å². The number of nitrogens with one attached hydrogen (secondary N) is 1. The van der Waals surface area contributed by atoms with Gasteiger partial charge in [-0.25, -0.2) is 0 Å².